The second kappa shape index (κ2) is 5.75. The summed E-state index contributed by atoms with van der Waals surface area (Å²) in [7, 11) is 1.67. The Bertz CT molecular complexity index is 600. The first kappa shape index (κ1) is 13.4. The molecule has 0 aliphatic rings. The Hall–Kier alpha value is -2.02. The van der Waals surface area contributed by atoms with Crippen molar-refractivity contribution in [2.24, 2.45) is 0 Å². The van der Waals surface area contributed by atoms with Crippen molar-refractivity contribution in [3.8, 4) is 0 Å². The zero-order valence-corrected chi connectivity index (χ0v) is 11.5. The van der Waals surface area contributed by atoms with E-state index in [-0.39, 0.29) is 11.4 Å². The zero-order chi connectivity index (χ0) is 13.8. The van der Waals surface area contributed by atoms with Gasteiger partial charge in [-0.2, -0.15) is 0 Å². The van der Waals surface area contributed by atoms with Crippen LogP contribution >= 0.6 is 15.9 Å². The molecule has 2 aromatic rings. The molecule has 98 valence electrons. The van der Waals surface area contributed by atoms with E-state index in [2.05, 4.69) is 36.5 Å². The molecule has 1 aromatic heterocycles. The van der Waals surface area contributed by atoms with Crippen molar-refractivity contribution >= 4 is 33.3 Å². The fraction of sp³-hybridized carbons (Fsp3) is 0.0833. The monoisotopic (exact) mass is 324 g/mol. The van der Waals surface area contributed by atoms with Gasteiger partial charge in [0.05, 0.1) is 18.1 Å². The van der Waals surface area contributed by atoms with Crippen molar-refractivity contribution in [1.29, 1.82) is 0 Å². The van der Waals surface area contributed by atoms with Crippen LogP contribution in [0.3, 0.4) is 0 Å². The van der Waals surface area contributed by atoms with Crippen LogP contribution in [0.5, 0.6) is 0 Å². The molecular weight excluding hydrogens is 315 g/mol. The minimum Gasteiger partial charge on any atom is -0.372 e. The van der Waals surface area contributed by atoms with Crippen LogP contribution in [0.2, 0.25) is 0 Å². The highest BCUT2D eigenvalue weighted by Gasteiger charge is 2.13. The Balaban J connectivity index is 2.25. The Morgan fingerprint density at radius 3 is 2.84 bits per heavy atom. The number of hydrogen-bond donors (Lipinski definition) is 2. The summed E-state index contributed by atoms with van der Waals surface area (Å²) < 4.78 is 14.0. The first-order valence-corrected chi connectivity index (χ1v) is 6.16. The Kier molecular flexibility index (Phi) is 4.06. The maximum Gasteiger partial charge on any atom is 0.276 e. The highest BCUT2D eigenvalue weighted by Crippen LogP contribution is 2.25. The number of hydrogen-bond acceptors (Lipinski definition) is 4. The first-order valence-electron chi connectivity index (χ1n) is 5.37. The third kappa shape index (κ3) is 3.05. The van der Waals surface area contributed by atoms with E-state index in [1.165, 1.54) is 24.5 Å². The number of carbonyl (C=O) groups excluding carboxylic acids is 1. The molecule has 7 heteroatoms. The second-order valence-electron chi connectivity index (χ2n) is 3.59. The van der Waals surface area contributed by atoms with Gasteiger partial charge in [0.25, 0.3) is 5.91 Å². The molecule has 0 atom stereocenters. The van der Waals surface area contributed by atoms with E-state index >= 15 is 0 Å². The molecule has 0 spiro atoms. The minimum absolute atomic E-state index is 0.0733. The van der Waals surface area contributed by atoms with E-state index in [1.807, 2.05) is 0 Å². The standard InChI is InChI=1S/C12H10BrFN4O/c1-15-10-6-16-5-9(17-10)12(19)18-11-7(13)3-2-4-8(11)14/h2-6H,1H3,(H,15,17)(H,18,19). The van der Waals surface area contributed by atoms with E-state index in [4.69, 9.17) is 0 Å². The molecule has 0 saturated heterocycles. The predicted molar refractivity (Wildman–Crippen MR) is 73.6 cm³/mol. The lowest BCUT2D eigenvalue weighted by atomic mass is 10.3. The number of carbonyl (C=O) groups is 1. The maximum atomic E-state index is 13.6. The summed E-state index contributed by atoms with van der Waals surface area (Å²) in [5.74, 6) is -0.601. The van der Waals surface area contributed by atoms with Gasteiger partial charge in [-0.3, -0.25) is 9.78 Å². The van der Waals surface area contributed by atoms with Gasteiger partial charge < -0.3 is 10.6 Å². The summed E-state index contributed by atoms with van der Waals surface area (Å²) >= 11 is 3.17. The van der Waals surface area contributed by atoms with E-state index < -0.39 is 11.7 Å². The van der Waals surface area contributed by atoms with Crippen molar-refractivity contribution in [2.45, 2.75) is 0 Å². The van der Waals surface area contributed by atoms with Crippen LogP contribution in [0.1, 0.15) is 10.5 Å². The fourth-order valence-electron chi connectivity index (χ4n) is 1.39. The number of halogens is 2. The number of rotatable bonds is 3. The van der Waals surface area contributed by atoms with Gasteiger partial charge in [0, 0.05) is 11.5 Å². The topological polar surface area (TPSA) is 66.9 Å². The van der Waals surface area contributed by atoms with E-state index in [1.54, 1.807) is 13.1 Å². The highest BCUT2D eigenvalue weighted by atomic mass is 79.9. The Labute approximate surface area is 117 Å². The predicted octanol–water partition coefficient (Wildman–Crippen LogP) is 2.67. The van der Waals surface area contributed by atoms with E-state index in [0.29, 0.717) is 10.3 Å². The average molecular weight is 325 g/mol. The lowest BCUT2D eigenvalue weighted by molar-refractivity contribution is 0.102. The van der Waals surface area contributed by atoms with Crippen molar-refractivity contribution < 1.29 is 9.18 Å². The van der Waals surface area contributed by atoms with Gasteiger partial charge in [0.1, 0.15) is 17.3 Å². The second-order valence-corrected chi connectivity index (χ2v) is 4.44. The summed E-state index contributed by atoms with van der Waals surface area (Å²) in [6, 6.07) is 4.43. The summed E-state index contributed by atoms with van der Waals surface area (Å²) in [6.45, 7) is 0. The van der Waals surface area contributed by atoms with Gasteiger partial charge in [-0.25, -0.2) is 9.37 Å². The summed E-state index contributed by atoms with van der Waals surface area (Å²) in [4.78, 5) is 19.9. The molecule has 0 fully saturated rings. The normalized spacial score (nSPS) is 10.1. The summed E-state index contributed by atoms with van der Waals surface area (Å²) in [5, 5.41) is 5.23. The van der Waals surface area contributed by atoms with E-state index in [0.717, 1.165) is 0 Å². The van der Waals surface area contributed by atoms with Crippen LogP contribution in [-0.4, -0.2) is 22.9 Å². The van der Waals surface area contributed by atoms with Gasteiger partial charge in [0.15, 0.2) is 0 Å². The number of anilines is 2. The molecule has 5 nitrogen and oxygen atoms in total. The molecule has 19 heavy (non-hydrogen) atoms. The molecule has 0 aliphatic heterocycles. The fourth-order valence-corrected chi connectivity index (χ4v) is 1.83. The van der Waals surface area contributed by atoms with Gasteiger partial charge >= 0.3 is 0 Å². The molecule has 0 unspecified atom stereocenters. The number of benzene rings is 1. The van der Waals surface area contributed by atoms with Crippen molar-refractivity contribution in [3.05, 3.63) is 46.6 Å². The maximum absolute atomic E-state index is 13.6. The lowest BCUT2D eigenvalue weighted by Gasteiger charge is -2.08. The quantitative estimate of drug-likeness (QED) is 0.910. The number of nitrogens with zero attached hydrogens (tertiary/aromatic N) is 2. The SMILES string of the molecule is CNc1cncc(C(=O)Nc2c(F)cccc2Br)n1. The largest absolute Gasteiger partial charge is 0.372 e. The minimum atomic E-state index is -0.532. The van der Waals surface area contributed by atoms with Crippen molar-refractivity contribution in [1.82, 2.24) is 9.97 Å². The molecule has 2 N–H and O–H groups in total. The van der Waals surface area contributed by atoms with Crippen LogP contribution < -0.4 is 10.6 Å². The molecule has 2 rings (SSSR count). The molecular formula is C12H10BrFN4O. The van der Waals surface area contributed by atoms with Crippen LogP contribution in [-0.2, 0) is 0 Å². The molecule has 0 saturated carbocycles. The average Bonchev–Trinajstić information content (AvgIpc) is 2.43. The molecule has 1 heterocycles. The van der Waals surface area contributed by atoms with Gasteiger partial charge in [-0.05, 0) is 28.1 Å². The van der Waals surface area contributed by atoms with Gasteiger partial charge in [-0.15, -0.1) is 0 Å². The number of nitrogens with one attached hydrogen (secondary N) is 2. The van der Waals surface area contributed by atoms with E-state index in [9.17, 15) is 9.18 Å². The third-order valence-corrected chi connectivity index (χ3v) is 2.99. The van der Waals surface area contributed by atoms with Gasteiger partial charge in [0.2, 0.25) is 0 Å². The molecule has 0 aliphatic carbocycles. The van der Waals surface area contributed by atoms with Crippen molar-refractivity contribution in [3.63, 3.8) is 0 Å². The van der Waals surface area contributed by atoms with Crippen LogP contribution in [0.25, 0.3) is 0 Å². The third-order valence-electron chi connectivity index (χ3n) is 2.32. The molecule has 0 bridgehead atoms. The smallest absolute Gasteiger partial charge is 0.276 e. The van der Waals surface area contributed by atoms with Crippen LogP contribution in [0.4, 0.5) is 15.9 Å². The zero-order valence-electron chi connectivity index (χ0n) is 9.95. The molecule has 0 radical (unpaired) electrons. The number of amides is 1. The van der Waals surface area contributed by atoms with Gasteiger partial charge in [-0.1, -0.05) is 6.07 Å². The van der Waals surface area contributed by atoms with Crippen LogP contribution in [0, 0.1) is 5.82 Å². The molecule has 1 aromatic carbocycles. The van der Waals surface area contributed by atoms with Crippen molar-refractivity contribution in [2.75, 3.05) is 17.7 Å². The van der Waals surface area contributed by atoms with Crippen LogP contribution in [0.15, 0.2) is 35.1 Å². The lowest BCUT2D eigenvalue weighted by Crippen LogP contribution is -2.16. The first-order chi connectivity index (χ1) is 9.11. The Morgan fingerprint density at radius 2 is 2.16 bits per heavy atom. The number of para-hydroxylation sites is 1. The summed E-state index contributed by atoms with van der Waals surface area (Å²) in [5.41, 5.74) is 0.172. The highest BCUT2D eigenvalue weighted by molar-refractivity contribution is 9.10. The molecule has 1 amide bonds. The number of aromatic nitrogens is 2. The Morgan fingerprint density at radius 1 is 1.37 bits per heavy atom. The summed E-state index contributed by atoms with van der Waals surface area (Å²) in [6.07, 6.45) is 2.79.